The number of nitrogens with one attached hydrogen (secondary N) is 1. The molecule has 2 aromatic rings. The molecule has 0 bridgehead atoms. The Morgan fingerprint density at radius 2 is 1.89 bits per heavy atom. The summed E-state index contributed by atoms with van der Waals surface area (Å²) in [5.74, 6) is 1.17. The minimum Gasteiger partial charge on any atom is -0.313 e. The second-order valence-electron chi connectivity index (χ2n) is 4.95. The summed E-state index contributed by atoms with van der Waals surface area (Å²) in [6.07, 6.45) is 4.49. The average molecular weight is 273 g/mol. The summed E-state index contributed by atoms with van der Waals surface area (Å²) in [6.45, 7) is 3.33. The number of fused-ring (bicyclic) bond motifs is 1. The van der Waals surface area contributed by atoms with Crippen LogP contribution in [-0.4, -0.2) is 24.6 Å². The molecule has 0 saturated heterocycles. The van der Waals surface area contributed by atoms with Crippen LogP contribution in [0.2, 0.25) is 0 Å². The third-order valence-electron chi connectivity index (χ3n) is 3.40. The summed E-state index contributed by atoms with van der Waals surface area (Å²) in [5, 5.41) is 6.41. The summed E-state index contributed by atoms with van der Waals surface area (Å²) in [5.41, 5.74) is 1.46. The topological polar surface area (TPSA) is 12.0 Å². The van der Waals surface area contributed by atoms with Crippen LogP contribution in [0.3, 0.4) is 0 Å². The maximum atomic E-state index is 3.66. The van der Waals surface area contributed by atoms with Crippen molar-refractivity contribution in [1.29, 1.82) is 0 Å². The SMILES string of the molecule is CCCNC(CSC)Cc1cccc2ccccc12. The van der Waals surface area contributed by atoms with Crippen LogP contribution in [0.5, 0.6) is 0 Å². The molecule has 0 aliphatic heterocycles. The molecule has 1 atom stereocenters. The van der Waals surface area contributed by atoms with Gasteiger partial charge in [0.1, 0.15) is 0 Å². The highest BCUT2D eigenvalue weighted by Crippen LogP contribution is 2.20. The molecule has 0 radical (unpaired) electrons. The van der Waals surface area contributed by atoms with Gasteiger partial charge in [0.15, 0.2) is 0 Å². The van der Waals surface area contributed by atoms with Gasteiger partial charge in [0.2, 0.25) is 0 Å². The second-order valence-corrected chi connectivity index (χ2v) is 5.86. The number of hydrogen-bond acceptors (Lipinski definition) is 2. The predicted molar refractivity (Wildman–Crippen MR) is 88.1 cm³/mol. The van der Waals surface area contributed by atoms with Gasteiger partial charge in [-0.15, -0.1) is 0 Å². The first-order valence-corrected chi connectivity index (χ1v) is 8.43. The van der Waals surface area contributed by atoms with Crippen molar-refractivity contribution in [2.24, 2.45) is 0 Å². The average Bonchev–Trinajstić information content (AvgIpc) is 2.45. The molecule has 0 aromatic heterocycles. The molecular formula is C17H23NS. The van der Waals surface area contributed by atoms with E-state index < -0.39 is 0 Å². The summed E-state index contributed by atoms with van der Waals surface area (Å²) in [7, 11) is 0. The summed E-state index contributed by atoms with van der Waals surface area (Å²) in [4.78, 5) is 0. The van der Waals surface area contributed by atoms with Gasteiger partial charge in [-0.1, -0.05) is 49.4 Å². The highest BCUT2D eigenvalue weighted by molar-refractivity contribution is 7.98. The number of thioether (sulfide) groups is 1. The van der Waals surface area contributed by atoms with Gasteiger partial charge < -0.3 is 5.32 Å². The third-order valence-corrected chi connectivity index (χ3v) is 4.13. The fraction of sp³-hybridized carbons (Fsp3) is 0.412. The van der Waals surface area contributed by atoms with Crippen LogP contribution in [0, 0.1) is 0 Å². The first kappa shape index (κ1) is 14.4. The van der Waals surface area contributed by atoms with Crippen molar-refractivity contribution in [3.8, 4) is 0 Å². The van der Waals surface area contributed by atoms with Crippen molar-refractivity contribution >= 4 is 22.5 Å². The van der Waals surface area contributed by atoms with E-state index in [2.05, 4.69) is 61.0 Å². The Morgan fingerprint density at radius 1 is 1.11 bits per heavy atom. The van der Waals surface area contributed by atoms with Crippen LogP contribution in [0.4, 0.5) is 0 Å². The molecule has 0 heterocycles. The molecule has 0 aliphatic carbocycles. The lowest BCUT2D eigenvalue weighted by Crippen LogP contribution is -2.34. The monoisotopic (exact) mass is 273 g/mol. The lowest BCUT2D eigenvalue weighted by Gasteiger charge is -2.18. The van der Waals surface area contributed by atoms with Crippen molar-refractivity contribution < 1.29 is 0 Å². The van der Waals surface area contributed by atoms with Crippen LogP contribution in [0.25, 0.3) is 10.8 Å². The van der Waals surface area contributed by atoms with E-state index in [9.17, 15) is 0 Å². The Bertz CT molecular complexity index is 504. The number of rotatable bonds is 7. The molecule has 0 aliphatic rings. The van der Waals surface area contributed by atoms with Crippen molar-refractivity contribution in [1.82, 2.24) is 5.32 Å². The largest absolute Gasteiger partial charge is 0.313 e. The molecule has 1 nitrogen and oxygen atoms in total. The summed E-state index contributed by atoms with van der Waals surface area (Å²) < 4.78 is 0. The maximum absolute atomic E-state index is 3.66. The van der Waals surface area contributed by atoms with E-state index in [0.717, 1.165) is 13.0 Å². The zero-order valence-corrected chi connectivity index (χ0v) is 12.7. The van der Waals surface area contributed by atoms with E-state index in [1.807, 2.05) is 11.8 Å². The van der Waals surface area contributed by atoms with Crippen LogP contribution in [-0.2, 0) is 6.42 Å². The molecule has 1 N–H and O–H groups in total. The van der Waals surface area contributed by atoms with E-state index >= 15 is 0 Å². The van der Waals surface area contributed by atoms with E-state index in [4.69, 9.17) is 0 Å². The second kappa shape index (κ2) is 7.56. The fourth-order valence-electron chi connectivity index (χ4n) is 2.48. The first-order chi connectivity index (χ1) is 9.35. The Balaban J connectivity index is 2.18. The lowest BCUT2D eigenvalue weighted by molar-refractivity contribution is 0.551. The van der Waals surface area contributed by atoms with Gasteiger partial charge in [-0.2, -0.15) is 11.8 Å². The van der Waals surface area contributed by atoms with Gasteiger partial charge in [-0.25, -0.2) is 0 Å². The van der Waals surface area contributed by atoms with Crippen LogP contribution < -0.4 is 5.32 Å². The van der Waals surface area contributed by atoms with Gasteiger partial charge >= 0.3 is 0 Å². The molecule has 0 spiro atoms. The normalized spacial score (nSPS) is 12.7. The van der Waals surface area contributed by atoms with Gasteiger partial charge in [-0.3, -0.25) is 0 Å². The summed E-state index contributed by atoms with van der Waals surface area (Å²) in [6, 6.07) is 15.9. The molecule has 1 unspecified atom stereocenters. The van der Waals surface area contributed by atoms with Crippen molar-refractivity contribution in [2.75, 3.05) is 18.6 Å². The van der Waals surface area contributed by atoms with Crippen LogP contribution in [0.15, 0.2) is 42.5 Å². The smallest absolute Gasteiger partial charge is 0.0198 e. The molecule has 0 saturated carbocycles. The zero-order valence-electron chi connectivity index (χ0n) is 11.9. The van der Waals surface area contributed by atoms with Gasteiger partial charge in [-0.05, 0) is 42.0 Å². The van der Waals surface area contributed by atoms with Crippen molar-refractivity contribution in [3.63, 3.8) is 0 Å². The molecule has 0 fully saturated rings. The standard InChI is InChI=1S/C17H23NS/c1-3-11-18-16(13-19-2)12-15-9-6-8-14-7-4-5-10-17(14)15/h4-10,16,18H,3,11-13H2,1-2H3. The Morgan fingerprint density at radius 3 is 2.68 bits per heavy atom. The maximum Gasteiger partial charge on any atom is 0.0198 e. The van der Waals surface area contributed by atoms with E-state index in [0.29, 0.717) is 6.04 Å². The van der Waals surface area contributed by atoms with Gasteiger partial charge in [0, 0.05) is 11.8 Å². The molecule has 0 amide bonds. The van der Waals surface area contributed by atoms with E-state index in [1.165, 1.54) is 28.5 Å². The quantitative estimate of drug-likeness (QED) is 0.814. The molecular weight excluding hydrogens is 250 g/mol. The number of hydrogen-bond donors (Lipinski definition) is 1. The zero-order chi connectivity index (χ0) is 13.5. The fourth-order valence-corrected chi connectivity index (χ4v) is 3.11. The third kappa shape index (κ3) is 3.99. The highest BCUT2D eigenvalue weighted by atomic mass is 32.2. The minimum atomic E-state index is 0.570. The Hall–Kier alpha value is -0.990. The molecule has 2 heteroatoms. The lowest BCUT2D eigenvalue weighted by atomic mass is 9.99. The van der Waals surface area contributed by atoms with Crippen molar-refractivity contribution in [3.05, 3.63) is 48.0 Å². The molecule has 2 aromatic carbocycles. The predicted octanol–water partition coefficient (Wildman–Crippen LogP) is 4.11. The van der Waals surface area contributed by atoms with E-state index in [-0.39, 0.29) is 0 Å². The molecule has 19 heavy (non-hydrogen) atoms. The van der Waals surface area contributed by atoms with E-state index in [1.54, 1.807) is 0 Å². The van der Waals surface area contributed by atoms with Gasteiger partial charge in [0.05, 0.1) is 0 Å². The number of benzene rings is 2. The first-order valence-electron chi connectivity index (χ1n) is 7.04. The minimum absolute atomic E-state index is 0.570. The Kier molecular flexibility index (Phi) is 5.74. The van der Waals surface area contributed by atoms with Crippen molar-refractivity contribution in [2.45, 2.75) is 25.8 Å². The molecule has 102 valence electrons. The van der Waals surface area contributed by atoms with Gasteiger partial charge in [0.25, 0.3) is 0 Å². The summed E-state index contributed by atoms with van der Waals surface area (Å²) >= 11 is 1.92. The van der Waals surface area contributed by atoms with Crippen LogP contribution in [0.1, 0.15) is 18.9 Å². The highest BCUT2D eigenvalue weighted by Gasteiger charge is 2.10. The van der Waals surface area contributed by atoms with Crippen LogP contribution >= 0.6 is 11.8 Å². The molecule has 2 rings (SSSR count). The Labute approximate surface area is 120 Å².